The van der Waals surface area contributed by atoms with Gasteiger partial charge in [-0.25, -0.2) is 4.39 Å². The average molecular weight is 361 g/mol. The molecule has 2 rings (SSSR count). The molecule has 0 aliphatic carbocycles. The second-order valence-electron chi connectivity index (χ2n) is 5.74. The zero-order valence-electron chi connectivity index (χ0n) is 13.5. The lowest BCUT2D eigenvalue weighted by atomic mass is 10.2. The van der Waals surface area contributed by atoms with Gasteiger partial charge in [0.1, 0.15) is 12.2 Å². The van der Waals surface area contributed by atoms with Gasteiger partial charge in [-0.1, -0.05) is 0 Å². The molecule has 0 bridgehead atoms. The third-order valence-electron chi connectivity index (χ3n) is 3.85. The lowest BCUT2D eigenvalue weighted by Crippen LogP contribution is -2.49. The summed E-state index contributed by atoms with van der Waals surface area (Å²) in [7, 11) is 0. The van der Waals surface area contributed by atoms with Gasteiger partial charge in [0, 0.05) is 44.8 Å². The fourth-order valence-corrected chi connectivity index (χ4v) is 2.58. The number of hydrogen-bond acceptors (Lipinski definition) is 3. The topological polar surface area (TPSA) is 52.7 Å². The molecule has 1 aromatic carbocycles. The molecule has 0 spiro atoms. The van der Waals surface area contributed by atoms with Gasteiger partial charge in [0.15, 0.2) is 0 Å². The number of nitrogens with zero attached hydrogens (tertiary/aromatic N) is 2. The highest BCUT2D eigenvalue weighted by atomic mass is 19.4. The molecule has 1 aromatic rings. The fourth-order valence-electron chi connectivity index (χ4n) is 2.58. The average Bonchev–Trinajstić information content (AvgIpc) is 2.54. The van der Waals surface area contributed by atoms with E-state index in [1.165, 1.54) is 12.1 Å². The second-order valence-corrected chi connectivity index (χ2v) is 5.74. The molecule has 2 amide bonds. The number of nitrogens with one attached hydrogen (secondary N) is 1. The summed E-state index contributed by atoms with van der Waals surface area (Å²) in [5, 5.41) is 2.10. The van der Waals surface area contributed by atoms with Crippen LogP contribution in [0.2, 0.25) is 0 Å². The number of benzene rings is 1. The number of hydrogen-bond donors (Lipinski definition) is 1. The van der Waals surface area contributed by atoms with Crippen LogP contribution in [-0.2, 0) is 9.59 Å². The summed E-state index contributed by atoms with van der Waals surface area (Å²) >= 11 is 0. The number of piperazine rings is 1. The number of rotatable bonds is 5. The first-order chi connectivity index (χ1) is 11.7. The number of halogens is 4. The molecule has 25 heavy (non-hydrogen) atoms. The van der Waals surface area contributed by atoms with Crippen LogP contribution < -0.4 is 10.2 Å². The lowest BCUT2D eigenvalue weighted by molar-refractivity contribution is -0.153. The summed E-state index contributed by atoms with van der Waals surface area (Å²) in [5.41, 5.74) is 0.868. The summed E-state index contributed by atoms with van der Waals surface area (Å²) in [4.78, 5) is 26.7. The van der Waals surface area contributed by atoms with Gasteiger partial charge in [0.2, 0.25) is 11.8 Å². The van der Waals surface area contributed by atoms with Gasteiger partial charge in [0.25, 0.3) is 0 Å². The third-order valence-corrected chi connectivity index (χ3v) is 3.85. The Morgan fingerprint density at radius 1 is 1.04 bits per heavy atom. The molecule has 0 atom stereocenters. The van der Waals surface area contributed by atoms with Gasteiger partial charge in [-0.05, 0) is 24.3 Å². The van der Waals surface area contributed by atoms with Crippen LogP contribution in [0.3, 0.4) is 0 Å². The van der Waals surface area contributed by atoms with Gasteiger partial charge in [-0.15, -0.1) is 0 Å². The number of carbonyl (C=O) groups excluding carboxylic acids is 2. The summed E-state index contributed by atoms with van der Waals surface area (Å²) in [6.07, 6.45) is -6.14. The predicted octanol–water partition coefficient (Wildman–Crippen LogP) is 1.93. The first-order valence-electron chi connectivity index (χ1n) is 7.86. The van der Waals surface area contributed by atoms with Crippen LogP contribution in [0.15, 0.2) is 24.3 Å². The SMILES string of the molecule is O=C(CC(F)(F)F)NCCC(=O)N1CCN(c2ccc(F)cc2)CC1. The Morgan fingerprint density at radius 3 is 2.20 bits per heavy atom. The maximum absolute atomic E-state index is 12.9. The molecule has 1 aliphatic rings. The summed E-state index contributed by atoms with van der Waals surface area (Å²) in [5.74, 6) is -1.67. The Labute approximate surface area is 142 Å². The molecule has 5 nitrogen and oxygen atoms in total. The van der Waals surface area contributed by atoms with Gasteiger partial charge in [-0.2, -0.15) is 13.2 Å². The molecule has 0 unspecified atom stereocenters. The van der Waals surface area contributed by atoms with Crippen molar-refractivity contribution in [1.29, 1.82) is 0 Å². The van der Waals surface area contributed by atoms with E-state index >= 15 is 0 Å². The first kappa shape index (κ1) is 19.0. The summed E-state index contributed by atoms with van der Waals surface area (Å²) in [6, 6.07) is 6.08. The molecule has 1 saturated heterocycles. The molecule has 0 aromatic heterocycles. The van der Waals surface area contributed by atoms with Crippen LogP contribution >= 0.6 is 0 Å². The van der Waals surface area contributed by atoms with Crippen molar-refractivity contribution in [2.24, 2.45) is 0 Å². The van der Waals surface area contributed by atoms with Crippen molar-refractivity contribution in [3.8, 4) is 0 Å². The van der Waals surface area contributed by atoms with E-state index in [0.717, 1.165) is 5.69 Å². The summed E-state index contributed by atoms with van der Waals surface area (Å²) < 4.78 is 49.0. The molecule has 1 aliphatic heterocycles. The van der Waals surface area contributed by atoms with Crippen molar-refractivity contribution in [3.63, 3.8) is 0 Å². The molecular formula is C16H19F4N3O2. The quantitative estimate of drug-likeness (QED) is 0.816. The van der Waals surface area contributed by atoms with Crippen molar-refractivity contribution in [2.45, 2.75) is 19.0 Å². The zero-order valence-corrected chi connectivity index (χ0v) is 13.5. The monoisotopic (exact) mass is 361 g/mol. The summed E-state index contributed by atoms with van der Waals surface area (Å²) in [6.45, 7) is 1.97. The van der Waals surface area contributed by atoms with Crippen LogP contribution in [0.25, 0.3) is 0 Å². The number of amides is 2. The van der Waals surface area contributed by atoms with Gasteiger partial charge >= 0.3 is 6.18 Å². The minimum absolute atomic E-state index is 0.0415. The Bertz CT molecular complexity index is 596. The van der Waals surface area contributed by atoms with Gasteiger partial charge < -0.3 is 15.1 Å². The standard InChI is InChI=1S/C16H19F4N3O2/c17-12-1-3-13(4-2-12)22-7-9-23(10-8-22)15(25)5-6-21-14(24)11-16(18,19)20/h1-4H,5-11H2,(H,21,24). The van der Waals surface area contributed by atoms with Crippen LogP contribution in [0, 0.1) is 5.82 Å². The predicted molar refractivity (Wildman–Crippen MR) is 83.5 cm³/mol. The van der Waals surface area contributed by atoms with Crippen LogP contribution in [0.4, 0.5) is 23.2 Å². The smallest absolute Gasteiger partial charge is 0.368 e. The van der Waals surface area contributed by atoms with E-state index in [0.29, 0.717) is 26.2 Å². The molecule has 138 valence electrons. The lowest BCUT2D eigenvalue weighted by Gasteiger charge is -2.36. The molecular weight excluding hydrogens is 342 g/mol. The van der Waals surface area contributed by atoms with E-state index < -0.39 is 18.5 Å². The Balaban J connectivity index is 1.70. The third kappa shape index (κ3) is 6.24. The van der Waals surface area contributed by atoms with E-state index in [4.69, 9.17) is 0 Å². The Hall–Kier alpha value is -2.32. The molecule has 1 fully saturated rings. The first-order valence-corrected chi connectivity index (χ1v) is 7.86. The van der Waals surface area contributed by atoms with Gasteiger partial charge in [0.05, 0.1) is 0 Å². The largest absolute Gasteiger partial charge is 0.397 e. The molecule has 1 N–H and O–H groups in total. The number of alkyl halides is 3. The van der Waals surface area contributed by atoms with Crippen LogP contribution in [0.1, 0.15) is 12.8 Å². The van der Waals surface area contributed by atoms with E-state index in [1.807, 2.05) is 4.90 Å². The van der Waals surface area contributed by atoms with E-state index in [-0.39, 0.29) is 24.7 Å². The highest BCUT2D eigenvalue weighted by Gasteiger charge is 2.31. The van der Waals surface area contributed by atoms with Crippen LogP contribution in [-0.4, -0.2) is 55.6 Å². The van der Waals surface area contributed by atoms with Crippen LogP contribution in [0.5, 0.6) is 0 Å². The highest BCUT2D eigenvalue weighted by molar-refractivity contribution is 5.79. The molecule has 1 heterocycles. The van der Waals surface area contributed by atoms with Crippen molar-refractivity contribution < 1.29 is 27.2 Å². The van der Waals surface area contributed by atoms with Crippen molar-refractivity contribution in [3.05, 3.63) is 30.1 Å². The van der Waals surface area contributed by atoms with Crippen molar-refractivity contribution in [2.75, 3.05) is 37.6 Å². The maximum atomic E-state index is 12.9. The van der Waals surface area contributed by atoms with E-state index in [2.05, 4.69) is 5.32 Å². The minimum Gasteiger partial charge on any atom is -0.368 e. The van der Waals surface area contributed by atoms with E-state index in [9.17, 15) is 27.2 Å². The van der Waals surface area contributed by atoms with Crippen molar-refractivity contribution in [1.82, 2.24) is 10.2 Å². The minimum atomic E-state index is -4.55. The van der Waals surface area contributed by atoms with Gasteiger partial charge in [-0.3, -0.25) is 9.59 Å². The fraction of sp³-hybridized carbons (Fsp3) is 0.500. The van der Waals surface area contributed by atoms with Crippen molar-refractivity contribution >= 4 is 17.5 Å². The second kappa shape index (κ2) is 8.17. The zero-order chi connectivity index (χ0) is 18.4. The molecule has 0 saturated carbocycles. The number of carbonyl (C=O) groups is 2. The number of anilines is 1. The molecule has 0 radical (unpaired) electrons. The normalized spacial score (nSPS) is 15.2. The maximum Gasteiger partial charge on any atom is 0.397 e. The Kier molecular flexibility index (Phi) is 6.22. The van der Waals surface area contributed by atoms with E-state index in [1.54, 1.807) is 17.0 Å². The Morgan fingerprint density at radius 2 is 1.64 bits per heavy atom. The highest BCUT2D eigenvalue weighted by Crippen LogP contribution is 2.19. The molecule has 9 heteroatoms.